The number of hydrogen-bond donors (Lipinski definition) is 3. The fraction of sp³-hybridized carbons (Fsp3) is 0.333. The molecule has 21 heavy (non-hydrogen) atoms. The minimum absolute atomic E-state index is 0.0384. The molecule has 110 valence electrons. The highest BCUT2D eigenvalue weighted by Gasteiger charge is 2.33. The minimum atomic E-state index is -0.837. The molecule has 2 unspecified atom stereocenters. The van der Waals surface area contributed by atoms with E-state index in [0.717, 1.165) is 22.6 Å². The van der Waals surface area contributed by atoms with Crippen molar-refractivity contribution in [1.29, 1.82) is 0 Å². The third-order valence-electron chi connectivity index (χ3n) is 3.90. The van der Waals surface area contributed by atoms with Crippen molar-refractivity contribution in [1.82, 2.24) is 20.6 Å². The number of carboxylic acid groups (broad SMARTS) is 1. The van der Waals surface area contributed by atoms with Crippen LogP contribution >= 0.6 is 0 Å². The van der Waals surface area contributed by atoms with Gasteiger partial charge in [0, 0.05) is 11.3 Å². The molecule has 0 radical (unpaired) electrons. The number of benzene rings is 1. The van der Waals surface area contributed by atoms with Crippen LogP contribution in [-0.2, 0) is 4.79 Å². The lowest BCUT2D eigenvalue weighted by Gasteiger charge is -2.10. The van der Waals surface area contributed by atoms with Crippen LogP contribution in [0.25, 0.3) is 5.69 Å². The Morgan fingerprint density at radius 3 is 2.62 bits per heavy atom. The Balaban J connectivity index is 1.95. The van der Waals surface area contributed by atoms with E-state index in [1.807, 2.05) is 48.9 Å². The van der Waals surface area contributed by atoms with E-state index in [2.05, 4.69) is 16.0 Å². The number of nitrogens with one attached hydrogen (secondary N) is 2. The molecule has 1 aliphatic heterocycles. The summed E-state index contributed by atoms with van der Waals surface area (Å²) < 4.78 is 1.90. The number of para-hydroxylation sites is 1. The molecule has 3 rings (SSSR count). The van der Waals surface area contributed by atoms with Gasteiger partial charge in [-0.2, -0.15) is 5.10 Å². The molecule has 2 heterocycles. The predicted molar refractivity (Wildman–Crippen MR) is 78.1 cm³/mol. The van der Waals surface area contributed by atoms with Gasteiger partial charge in [-0.05, 0) is 32.4 Å². The van der Waals surface area contributed by atoms with Gasteiger partial charge in [0.25, 0.3) is 0 Å². The number of hydrogen-bond acceptors (Lipinski definition) is 4. The number of aliphatic carboxylic acids is 1. The van der Waals surface area contributed by atoms with Crippen molar-refractivity contribution in [3.63, 3.8) is 0 Å². The first-order valence-electron chi connectivity index (χ1n) is 6.93. The summed E-state index contributed by atoms with van der Waals surface area (Å²) in [5.41, 5.74) is 9.91. The summed E-state index contributed by atoms with van der Waals surface area (Å²) >= 11 is 0. The largest absolute Gasteiger partial charge is 0.480 e. The average Bonchev–Trinajstić information content (AvgIpc) is 3.05. The summed E-state index contributed by atoms with van der Waals surface area (Å²) in [5, 5.41) is 13.7. The van der Waals surface area contributed by atoms with Crippen molar-refractivity contribution in [3.05, 3.63) is 47.3 Å². The molecule has 6 nitrogen and oxygen atoms in total. The zero-order chi connectivity index (χ0) is 15.0. The van der Waals surface area contributed by atoms with Gasteiger partial charge in [-0.1, -0.05) is 18.2 Å². The molecule has 2 atom stereocenters. The molecule has 0 aliphatic carbocycles. The molecule has 0 saturated carbocycles. The second-order valence-electron chi connectivity index (χ2n) is 5.30. The number of nitrogens with zero attached hydrogens (tertiary/aromatic N) is 2. The van der Waals surface area contributed by atoms with Gasteiger partial charge in [0.05, 0.1) is 17.4 Å². The summed E-state index contributed by atoms with van der Waals surface area (Å²) in [6.07, 6.45) is 0.511. The molecule has 0 amide bonds. The Bertz CT molecular complexity index is 666. The van der Waals surface area contributed by atoms with Crippen LogP contribution in [0, 0.1) is 13.8 Å². The van der Waals surface area contributed by atoms with Gasteiger partial charge in [-0.25, -0.2) is 15.5 Å². The maximum absolute atomic E-state index is 11.1. The zero-order valence-electron chi connectivity index (χ0n) is 12.0. The fourth-order valence-electron chi connectivity index (χ4n) is 2.89. The standard InChI is InChI=1S/C15H18N4O2/c1-9-14(12-8-13(15(20)21)17-16-12)10(2)19(18-9)11-6-4-3-5-7-11/h3-7,12-13,16-17H,8H2,1-2H3,(H,20,21). The van der Waals surface area contributed by atoms with Crippen LogP contribution in [0.5, 0.6) is 0 Å². The van der Waals surface area contributed by atoms with E-state index >= 15 is 0 Å². The molecule has 2 aromatic rings. The van der Waals surface area contributed by atoms with Crippen LogP contribution in [-0.4, -0.2) is 26.9 Å². The van der Waals surface area contributed by atoms with Crippen molar-refractivity contribution in [3.8, 4) is 5.69 Å². The number of hydrazine groups is 1. The zero-order valence-corrected chi connectivity index (χ0v) is 12.0. The number of rotatable bonds is 3. The average molecular weight is 286 g/mol. The van der Waals surface area contributed by atoms with Gasteiger partial charge in [-0.15, -0.1) is 0 Å². The summed E-state index contributed by atoms with van der Waals surface area (Å²) in [6.45, 7) is 3.97. The summed E-state index contributed by atoms with van der Waals surface area (Å²) in [5.74, 6) is -0.837. The van der Waals surface area contributed by atoms with E-state index in [9.17, 15) is 4.79 Å². The van der Waals surface area contributed by atoms with E-state index in [4.69, 9.17) is 5.11 Å². The van der Waals surface area contributed by atoms with E-state index in [0.29, 0.717) is 6.42 Å². The Morgan fingerprint density at radius 2 is 2.00 bits per heavy atom. The Hall–Kier alpha value is -2.18. The first-order chi connectivity index (χ1) is 10.1. The molecule has 0 bridgehead atoms. The lowest BCUT2D eigenvalue weighted by atomic mass is 10.0. The van der Waals surface area contributed by atoms with Crippen molar-refractivity contribution in [2.75, 3.05) is 0 Å². The SMILES string of the molecule is Cc1nn(-c2ccccc2)c(C)c1C1CC(C(=O)O)NN1. The van der Waals surface area contributed by atoms with Gasteiger partial charge >= 0.3 is 5.97 Å². The van der Waals surface area contributed by atoms with E-state index in [1.54, 1.807) is 0 Å². The van der Waals surface area contributed by atoms with Gasteiger partial charge < -0.3 is 5.11 Å². The third-order valence-corrected chi connectivity index (χ3v) is 3.90. The first-order valence-corrected chi connectivity index (χ1v) is 6.93. The van der Waals surface area contributed by atoms with Crippen LogP contribution < -0.4 is 10.9 Å². The molecule has 6 heteroatoms. The Labute approximate surface area is 122 Å². The number of aromatic nitrogens is 2. The molecule has 0 spiro atoms. The maximum atomic E-state index is 11.1. The quantitative estimate of drug-likeness (QED) is 0.796. The highest BCUT2D eigenvalue weighted by atomic mass is 16.4. The lowest BCUT2D eigenvalue weighted by Crippen LogP contribution is -2.36. The van der Waals surface area contributed by atoms with Crippen molar-refractivity contribution < 1.29 is 9.90 Å². The molecule has 1 aromatic carbocycles. The highest BCUT2D eigenvalue weighted by Crippen LogP contribution is 2.29. The molecule has 3 N–H and O–H groups in total. The fourth-order valence-corrected chi connectivity index (χ4v) is 2.89. The molecule has 1 aromatic heterocycles. The molecule has 1 saturated heterocycles. The van der Waals surface area contributed by atoms with Crippen LogP contribution in [0.1, 0.15) is 29.4 Å². The normalized spacial score (nSPS) is 21.6. The Kier molecular flexibility index (Phi) is 3.48. The molecule has 1 aliphatic rings. The van der Waals surface area contributed by atoms with Gasteiger partial charge in [0.15, 0.2) is 0 Å². The van der Waals surface area contributed by atoms with Crippen LogP contribution in [0.2, 0.25) is 0 Å². The van der Waals surface area contributed by atoms with E-state index < -0.39 is 12.0 Å². The van der Waals surface area contributed by atoms with Crippen molar-refractivity contribution >= 4 is 5.97 Å². The number of carbonyl (C=O) groups is 1. The monoisotopic (exact) mass is 286 g/mol. The molecule has 1 fully saturated rings. The lowest BCUT2D eigenvalue weighted by molar-refractivity contribution is -0.139. The van der Waals surface area contributed by atoms with Gasteiger partial charge in [0.1, 0.15) is 6.04 Å². The molecular formula is C15H18N4O2. The van der Waals surface area contributed by atoms with Crippen LogP contribution in [0.15, 0.2) is 30.3 Å². The summed E-state index contributed by atoms with van der Waals surface area (Å²) in [6, 6.07) is 9.32. The summed E-state index contributed by atoms with van der Waals surface area (Å²) in [4.78, 5) is 11.1. The second-order valence-corrected chi connectivity index (χ2v) is 5.30. The number of aryl methyl sites for hydroxylation is 1. The predicted octanol–water partition coefficient (Wildman–Crippen LogP) is 1.48. The smallest absolute Gasteiger partial charge is 0.322 e. The minimum Gasteiger partial charge on any atom is -0.480 e. The van der Waals surface area contributed by atoms with Crippen LogP contribution in [0.4, 0.5) is 0 Å². The maximum Gasteiger partial charge on any atom is 0.322 e. The molecular weight excluding hydrogens is 268 g/mol. The van der Waals surface area contributed by atoms with Gasteiger partial charge in [0.2, 0.25) is 0 Å². The third kappa shape index (κ3) is 2.43. The second kappa shape index (κ2) is 5.31. The van der Waals surface area contributed by atoms with Crippen LogP contribution in [0.3, 0.4) is 0 Å². The first kappa shape index (κ1) is 13.8. The topological polar surface area (TPSA) is 79.2 Å². The van der Waals surface area contributed by atoms with E-state index in [-0.39, 0.29) is 6.04 Å². The van der Waals surface area contributed by atoms with Crippen molar-refractivity contribution in [2.24, 2.45) is 0 Å². The highest BCUT2D eigenvalue weighted by molar-refractivity contribution is 5.73. The van der Waals surface area contributed by atoms with Gasteiger partial charge in [-0.3, -0.25) is 4.79 Å². The summed E-state index contributed by atoms with van der Waals surface area (Å²) in [7, 11) is 0. The Morgan fingerprint density at radius 1 is 1.29 bits per heavy atom. The number of carboxylic acids is 1. The van der Waals surface area contributed by atoms with Crippen molar-refractivity contribution in [2.45, 2.75) is 32.4 Å². The van der Waals surface area contributed by atoms with E-state index in [1.165, 1.54) is 0 Å².